The largest absolute Gasteiger partial charge is 0.328 e. The fourth-order valence-corrected chi connectivity index (χ4v) is 3.33. The Hall–Kier alpha value is -0.110. The van der Waals surface area contributed by atoms with Crippen LogP contribution >= 0.6 is 0 Å². The highest BCUT2D eigenvalue weighted by molar-refractivity contribution is 5.01. The monoisotopic (exact) mass is 213 g/mol. The lowest BCUT2D eigenvalue weighted by molar-refractivity contribution is 0.0272. The molecule has 0 radical (unpaired) electrons. The molecule has 15 heavy (non-hydrogen) atoms. The van der Waals surface area contributed by atoms with Crippen molar-refractivity contribution in [2.75, 3.05) is 6.54 Å². The van der Waals surface area contributed by atoms with Crippen molar-refractivity contribution in [3.8, 4) is 0 Å². The van der Waals surface area contributed by atoms with Crippen LogP contribution in [0.3, 0.4) is 0 Å². The van der Waals surface area contributed by atoms with Crippen molar-refractivity contribution in [3.05, 3.63) is 0 Å². The van der Waals surface area contributed by atoms with E-state index in [-0.39, 0.29) is 12.5 Å². The van der Waals surface area contributed by atoms with Gasteiger partial charge in [0.25, 0.3) is 0 Å². The summed E-state index contributed by atoms with van der Waals surface area (Å²) in [6, 6.07) is 0. The van der Waals surface area contributed by atoms with Gasteiger partial charge in [-0.05, 0) is 43.4 Å². The number of halogens is 1. The standard InChI is InChI=1S/C13H24FN/c1-2-10-4-3-5-12(8-10)13(14,9-15)11-6-7-11/h10-12H,2-9,15H2,1H3. The zero-order valence-corrected chi connectivity index (χ0v) is 9.84. The van der Waals surface area contributed by atoms with E-state index < -0.39 is 5.67 Å². The molecule has 3 atom stereocenters. The number of rotatable bonds is 4. The van der Waals surface area contributed by atoms with Crippen molar-refractivity contribution in [2.24, 2.45) is 23.5 Å². The summed E-state index contributed by atoms with van der Waals surface area (Å²) in [5.41, 5.74) is 4.67. The Morgan fingerprint density at radius 3 is 2.47 bits per heavy atom. The normalized spacial score (nSPS) is 36.2. The van der Waals surface area contributed by atoms with Crippen LogP contribution in [0.5, 0.6) is 0 Å². The quantitative estimate of drug-likeness (QED) is 0.762. The molecule has 2 aliphatic carbocycles. The smallest absolute Gasteiger partial charge is 0.128 e. The molecule has 2 aliphatic rings. The van der Waals surface area contributed by atoms with E-state index in [4.69, 9.17) is 5.73 Å². The molecule has 88 valence electrons. The average molecular weight is 213 g/mol. The Morgan fingerprint density at radius 2 is 1.93 bits per heavy atom. The maximum absolute atomic E-state index is 14.8. The van der Waals surface area contributed by atoms with E-state index in [9.17, 15) is 4.39 Å². The van der Waals surface area contributed by atoms with Crippen LogP contribution in [0.2, 0.25) is 0 Å². The molecule has 0 aliphatic heterocycles. The van der Waals surface area contributed by atoms with Crippen molar-refractivity contribution in [3.63, 3.8) is 0 Å². The molecule has 2 N–H and O–H groups in total. The van der Waals surface area contributed by atoms with Gasteiger partial charge >= 0.3 is 0 Å². The Balaban J connectivity index is 2.00. The molecule has 0 aromatic rings. The summed E-state index contributed by atoms with van der Waals surface area (Å²) < 4.78 is 14.8. The first-order valence-electron chi connectivity index (χ1n) is 6.59. The van der Waals surface area contributed by atoms with Crippen LogP contribution in [-0.2, 0) is 0 Å². The maximum Gasteiger partial charge on any atom is 0.128 e. The van der Waals surface area contributed by atoms with Crippen molar-refractivity contribution in [2.45, 2.75) is 57.5 Å². The van der Waals surface area contributed by atoms with Gasteiger partial charge < -0.3 is 5.73 Å². The van der Waals surface area contributed by atoms with Gasteiger partial charge in [0.1, 0.15) is 5.67 Å². The lowest BCUT2D eigenvalue weighted by atomic mass is 9.71. The Labute approximate surface area is 92.6 Å². The van der Waals surface area contributed by atoms with Crippen LogP contribution in [0.1, 0.15) is 51.9 Å². The van der Waals surface area contributed by atoms with Gasteiger partial charge in [0.15, 0.2) is 0 Å². The predicted octanol–water partition coefficient (Wildman–Crippen LogP) is 3.28. The second-order valence-electron chi connectivity index (χ2n) is 5.54. The lowest BCUT2D eigenvalue weighted by Crippen LogP contribution is -2.44. The molecular weight excluding hydrogens is 189 g/mol. The van der Waals surface area contributed by atoms with E-state index in [1.807, 2.05) is 0 Å². The Bertz CT molecular complexity index is 215. The van der Waals surface area contributed by atoms with E-state index in [1.165, 1.54) is 19.3 Å². The molecule has 1 nitrogen and oxygen atoms in total. The zero-order chi connectivity index (χ0) is 10.9. The minimum atomic E-state index is -1.02. The van der Waals surface area contributed by atoms with Gasteiger partial charge in [0.2, 0.25) is 0 Å². The van der Waals surface area contributed by atoms with Gasteiger partial charge in [0.05, 0.1) is 0 Å². The van der Waals surface area contributed by atoms with Crippen molar-refractivity contribution < 1.29 is 4.39 Å². The van der Waals surface area contributed by atoms with E-state index in [1.54, 1.807) is 0 Å². The zero-order valence-electron chi connectivity index (χ0n) is 9.84. The number of hydrogen-bond acceptors (Lipinski definition) is 1. The summed E-state index contributed by atoms with van der Waals surface area (Å²) in [5.74, 6) is 1.31. The van der Waals surface area contributed by atoms with E-state index >= 15 is 0 Å². The van der Waals surface area contributed by atoms with Gasteiger partial charge in [-0.15, -0.1) is 0 Å². The summed E-state index contributed by atoms with van der Waals surface area (Å²) in [4.78, 5) is 0. The van der Waals surface area contributed by atoms with Gasteiger partial charge in [-0.3, -0.25) is 0 Å². The van der Waals surface area contributed by atoms with Gasteiger partial charge in [-0.1, -0.05) is 26.2 Å². The average Bonchev–Trinajstić information content (AvgIpc) is 3.12. The second kappa shape index (κ2) is 4.40. The van der Waals surface area contributed by atoms with Crippen molar-refractivity contribution in [1.29, 1.82) is 0 Å². The second-order valence-corrected chi connectivity index (χ2v) is 5.54. The van der Waals surface area contributed by atoms with Crippen LogP contribution in [-0.4, -0.2) is 12.2 Å². The molecule has 0 heterocycles. The molecule has 3 unspecified atom stereocenters. The summed E-state index contributed by atoms with van der Waals surface area (Å²) >= 11 is 0. The molecule has 2 heteroatoms. The topological polar surface area (TPSA) is 26.0 Å². The molecule has 0 amide bonds. The van der Waals surface area contributed by atoms with Crippen LogP contribution in [0, 0.1) is 17.8 Å². The van der Waals surface area contributed by atoms with Gasteiger partial charge in [-0.25, -0.2) is 4.39 Å². The highest BCUT2D eigenvalue weighted by Gasteiger charge is 2.50. The van der Waals surface area contributed by atoms with Gasteiger partial charge in [-0.2, -0.15) is 0 Å². The first kappa shape index (κ1) is 11.4. The highest BCUT2D eigenvalue weighted by atomic mass is 19.1. The molecule has 0 saturated heterocycles. The van der Waals surface area contributed by atoms with Crippen LogP contribution < -0.4 is 5.73 Å². The molecule has 0 aromatic heterocycles. The fourth-order valence-electron chi connectivity index (χ4n) is 3.33. The van der Waals surface area contributed by atoms with Crippen LogP contribution in [0.4, 0.5) is 4.39 Å². The number of hydrogen-bond donors (Lipinski definition) is 1. The summed E-state index contributed by atoms with van der Waals surface area (Å²) in [7, 11) is 0. The number of nitrogens with two attached hydrogens (primary N) is 1. The molecule has 0 aromatic carbocycles. The minimum Gasteiger partial charge on any atom is -0.328 e. The number of alkyl halides is 1. The SMILES string of the molecule is CCC1CCCC(C(F)(CN)C2CC2)C1. The Kier molecular flexibility index (Phi) is 3.34. The summed E-state index contributed by atoms with van der Waals surface area (Å²) in [5, 5.41) is 0. The molecule has 0 bridgehead atoms. The third kappa shape index (κ3) is 2.20. The molecule has 0 spiro atoms. The molecule has 2 saturated carbocycles. The van der Waals surface area contributed by atoms with E-state index in [0.29, 0.717) is 5.92 Å². The summed E-state index contributed by atoms with van der Waals surface area (Å²) in [6.07, 6.45) is 8.02. The Morgan fingerprint density at radius 1 is 1.20 bits per heavy atom. The third-order valence-electron chi connectivity index (χ3n) is 4.61. The minimum absolute atomic E-state index is 0.249. The van der Waals surface area contributed by atoms with E-state index in [2.05, 4.69) is 6.92 Å². The van der Waals surface area contributed by atoms with Crippen molar-refractivity contribution in [1.82, 2.24) is 0 Å². The molecule has 2 rings (SSSR count). The first-order chi connectivity index (χ1) is 7.20. The molecular formula is C13H24FN. The van der Waals surface area contributed by atoms with Crippen LogP contribution in [0.25, 0.3) is 0 Å². The van der Waals surface area contributed by atoms with E-state index in [0.717, 1.165) is 31.6 Å². The van der Waals surface area contributed by atoms with Crippen LogP contribution in [0.15, 0.2) is 0 Å². The first-order valence-corrected chi connectivity index (χ1v) is 6.59. The van der Waals surface area contributed by atoms with Gasteiger partial charge in [0, 0.05) is 6.54 Å². The third-order valence-corrected chi connectivity index (χ3v) is 4.61. The maximum atomic E-state index is 14.8. The predicted molar refractivity (Wildman–Crippen MR) is 61.4 cm³/mol. The lowest BCUT2D eigenvalue weighted by Gasteiger charge is -2.38. The van der Waals surface area contributed by atoms with Crippen molar-refractivity contribution >= 4 is 0 Å². The fraction of sp³-hybridized carbons (Fsp3) is 1.00. The molecule has 2 fully saturated rings. The summed E-state index contributed by atoms with van der Waals surface area (Å²) in [6.45, 7) is 2.48. The highest BCUT2D eigenvalue weighted by Crippen LogP contribution is 2.50.